The summed E-state index contributed by atoms with van der Waals surface area (Å²) >= 11 is 0. The van der Waals surface area contributed by atoms with Crippen LogP contribution in [0.3, 0.4) is 0 Å². The van der Waals surface area contributed by atoms with E-state index in [0.29, 0.717) is 12.0 Å². The second-order valence-corrected chi connectivity index (χ2v) is 5.62. The van der Waals surface area contributed by atoms with Gasteiger partial charge >= 0.3 is 5.97 Å². The van der Waals surface area contributed by atoms with Gasteiger partial charge in [-0.05, 0) is 49.5 Å². The molecule has 1 aliphatic carbocycles. The van der Waals surface area contributed by atoms with Crippen molar-refractivity contribution in [3.63, 3.8) is 0 Å². The van der Waals surface area contributed by atoms with Gasteiger partial charge in [0.25, 0.3) is 0 Å². The fourth-order valence-electron chi connectivity index (χ4n) is 2.71. The van der Waals surface area contributed by atoms with Crippen molar-refractivity contribution in [3.8, 4) is 11.5 Å². The predicted molar refractivity (Wildman–Crippen MR) is 84.7 cm³/mol. The minimum Gasteiger partial charge on any atom is -0.504 e. The van der Waals surface area contributed by atoms with Crippen LogP contribution < -0.4 is 5.32 Å². The Morgan fingerprint density at radius 2 is 2.04 bits per heavy atom. The molecule has 3 N–H and O–H groups in total. The van der Waals surface area contributed by atoms with Crippen molar-refractivity contribution >= 4 is 18.0 Å². The van der Waals surface area contributed by atoms with Crippen LogP contribution in [0.5, 0.6) is 11.5 Å². The van der Waals surface area contributed by atoms with Crippen LogP contribution in [0.15, 0.2) is 24.3 Å². The van der Waals surface area contributed by atoms with Crippen molar-refractivity contribution in [2.75, 3.05) is 7.05 Å². The molecule has 124 valence electrons. The first-order valence-corrected chi connectivity index (χ1v) is 7.62. The molecule has 0 bridgehead atoms. The summed E-state index contributed by atoms with van der Waals surface area (Å²) in [5.74, 6) is -1.07. The van der Waals surface area contributed by atoms with Gasteiger partial charge in [-0.1, -0.05) is 6.07 Å². The molecule has 0 heterocycles. The quantitative estimate of drug-likeness (QED) is 0.448. The summed E-state index contributed by atoms with van der Waals surface area (Å²) in [4.78, 5) is 23.5. The first-order valence-electron chi connectivity index (χ1n) is 7.62. The van der Waals surface area contributed by atoms with Crippen molar-refractivity contribution in [1.82, 2.24) is 5.32 Å². The van der Waals surface area contributed by atoms with Gasteiger partial charge in [0.05, 0.1) is 0 Å². The molecule has 0 radical (unpaired) electrons. The van der Waals surface area contributed by atoms with Gasteiger partial charge in [0, 0.05) is 19.0 Å². The van der Waals surface area contributed by atoms with Crippen molar-refractivity contribution in [2.45, 2.75) is 31.8 Å². The van der Waals surface area contributed by atoms with Crippen molar-refractivity contribution in [2.24, 2.45) is 5.92 Å². The molecule has 1 saturated carbocycles. The van der Waals surface area contributed by atoms with E-state index in [1.165, 1.54) is 24.3 Å². The Morgan fingerprint density at radius 1 is 1.26 bits per heavy atom. The smallest absolute Gasteiger partial charge is 0.331 e. The zero-order valence-corrected chi connectivity index (χ0v) is 13.0. The molecule has 0 aliphatic heterocycles. The Kier molecular flexibility index (Phi) is 5.62. The number of rotatable bonds is 4. The molecule has 1 aliphatic rings. The van der Waals surface area contributed by atoms with Crippen LogP contribution in [0.25, 0.3) is 6.08 Å². The number of benzene rings is 1. The van der Waals surface area contributed by atoms with E-state index in [4.69, 9.17) is 4.74 Å². The maximum atomic E-state index is 11.9. The van der Waals surface area contributed by atoms with E-state index in [9.17, 15) is 19.8 Å². The highest BCUT2D eigenvalue weighted by atomic mass is 16.5. The number of phenols is 2. The zero-order valence-electron chi connectivity index (χ0n) is 13.0. The number of nitrogens with one attached hydrogen (secondary N) is 1. The molecule has 0 spiro atoms. The van der Waals surface area contributed by atoms with Gasteiger partial charge in [0.2, 0.25) is 5.91 Å². The molecule has 1 fully saturated rings. The second kappa shape index (κ2) is 7.67. The van der Waals surface area contributed by atoms with Gasteiger partial charge in [0.15, 0.2) is 11.5 Å². The normalized spacial score (nSPS) is 21.1. The number of carbonyl (C=O) groups is 2. The van der Waals surface area contributed by atoms with Crippen LogP contribution in [0, 0.1) is 5.92 Å². The largest absolute Gasteiger partial charge is 0.504 e. The Bertz CT molecular complexity index is 611. The number of amides is 1. The molecule has 6 heteroatoms. The first-order chi connectivity index (χ1) is 11.0. The lowest BCUT2D eigenvalue weighted by molar-refractivity contribution is -0.146. The second-order valence-electron chi connectivity index (χ2n) is 5.62. The molecule has 6 nitrogen and oxygen atoms in total. The Morgan fingerprint density at radius 3 is 2.74 bits per heavy atom. The Hall–Kier alpha value is -2.50. The van der Waals surface area contributed by atoms with Crippen molar-refractivity contribution in [3.05, 3.63) is 29.8 Å². The summed E-state index contributed by atoms with van der Waals surface area (Å²) in [6.07, 6.45) is 5.49. The highest BCUT2D eigenvalue weighted by Gasteiger charge is 2.28. The lowest BCUT2D eigenvalue weighted by Crippen LogP contribution is -2.34. The number of phenolic OH excluding ortho intramolecular Hbond substituents is 2. The van der Waals surface area contributed by atoms with Crippen molar-refractivity contribution in [1.29, 1.82) is 0 Å². The van der Waals surface area contributed by atoms with Crippen LogP contribution in [0.4, 0.5) is 0 Å². The molecule has 1 aromatic carbocycles. The number of hydrogen-bond donors (Lipinski definition) is 3. The summed E-state index contributed by atoms with van der Waals surface area (Å²) in [5, 5.41) is 21.2. The molecule has 2 unspecified atom stereocenters. The third-order valence-corrected chi connectivity index (χ3v) is 3.94. The number of esters is 1. The standard InChI is InChI=1S/C17H21NO5/c1-18-17(22)12-3-2-4-13(10-12)23-16(21)8-6-11-5-7-14(19)15(20)9-11/h5-9,12-13,19-20H,2-4,10H2,1H3,(H,18,22)/b8-6+. The molecular weight excluding hydrogens is 298 g/mol. The third-order valence-electron chi connectivity index (χ3n) is 3.94. The zero-order chi connectivity index (χ0) is 16.8. The van der Waals surface area contributed by atoms with Crippen LogP contribution in [0.2, 0.25) is 0 Å². The molecule has 2 atom stereocenters. The SMILES string of the molecule is CNC(=O)C1CCCC(OC(=O)/C=C/c2ccc(O)c(O)c2)C1. The molecular formula is C17H21NO5. The van der Waals surface area contributed by atoms with Crippen molar-refractivity contribution < 1.29 is 24.5 Å². The highest BCUT2D eigenvalue weighted by molar-refractivity contribution is 5.87. The summed E-state index contributed by atoms with van der Waals surface area (Å²) in [5.41, 5.74) is 0.573. The average Bonchev–Trinajstić information content (AvgIpc) is 2.55. The molecule has 1 aromatic rings. The Labute approximate surface area is 134 Å². The number of carbonyl (C=O) groups excluding carboxylic acids is 2. The lowest BCUT2D eigenvalue weighted by atomic mass is 9.86. The van der Waals surface area contributed by atoms with E-state index >= 15 is 0 Å². The lowest BCUT2D eigenvalue weighted by Gasteiger charge is -2.27. The van der Waals surface area contributed by atoms with Crippen LogP contribution >= 0.6 is 0 Å². The van der Waals surface area contributed by atoms with E-state index in [2.05, 4.69) is 5.32 Å². The van der Waals surface area contributed by atoms with Gasteiger partial charge in [-0.3, -0.25) is 4.79 Å². The molecule has 1 amide bonds. The number of hydrogen-bond acceptors (Lipinski definition) is 5. The van der Waals surface area contributed by atoms with Crippen LogP contribution in [0.1, 0.15) is 31.2 Å². The van der Waals surface area contributed by atoms with Gasteiger partial charge in [-0.25, -0.2) is 4.79 Å². The van der Waals surface area contributed by atoms with Gasteiger partial charge in [-0.15, -0.1) is 0 Å². The van der Waals surface area contributed by atoms with Gasteiger partial charge in [0.1, 0.15) is 6.10 Å². The van der Waals surface area contributed by atoms with Crippen LogP contribution in [-0.2, 0) is 14.3 Å². The molecule has 2 rings (SSSR count). The van der Waals surface area contributed by atoms with Crippen LogP contribution in [-0.4, -0.2) is 35.2 Å². The maximum Gasteiger partial charge on any atom is 0.331 e. The monoisotopic (exact) mass is 319 g/mol. The predicted octanol–water partition coefficient (Wildman–Crippen LogP) is 1.96. The fourth-order valence-corrected chi connectivity index (χ4v) is 2.71. The number of aromatic hydroxyl groups is 2. The first kappa shape index (κ1) is 16.9. The topological polar surface area (TPSA) is 95.9 Å². The summed E-state index contributed by atoms with van der Waals surface area (Å²) in [6.45, 7) is 0. The summed E-state index contributed by atoms with van der Waals surface area (Å²) < 4.78 is 5.37. The van der Waals surface area contributed by atoms with E-state index in [1.807, 2.05) is 0 Å². The third kappa shape index (κ3) is 4.74. The minimum atomic E-state index is -0.486. The van der Waals surface area contributed by atoms with E-state index < -0.39 is 5.97 Å². The summed E-state index contributed by atoms with van der Waals surface area (Å²) in [6, 6.07) is 4.26. The molecule has 23 heavy (non-hydrogen) atoms. The van der Waals surface area contributed by atoms with E-state index in [1.54, 1.807) is 13.1 Å². The molecule has 0 aromatic heterocycles. The Balaban J connectivity index is 1.89. The average molecular weight is 319 g/mol. The summed E-state index contributed by atoms with van der Waals surface area (Å²) in [7, 11) is 1.60. The van der Waals surface area contributed by atoms with E-state index in [-0.39, 0.29) is 29.4 Å². The van der Waals surface area contributed by atoms with Gasteiger partial charge in [-0.2, -0.15) is 0 Å². The highest BCUT2D eigenvalue weighted by Crippen LogP contribution is 2.27. The number of ether oxygens (including phenoxy) is 1. The molecule has 0 saturated heterocycles. The van der Waals surface area contributed by atoms with E-state index in [0.717, 1.165) is 19.3 Å². The minimum absolute atomic E-state index is 0.0131. The maximum absolute atomic E-state index is 11.9. The van der Waals surface area contributed by atoms with Gasteiger partial charge < -0.3 is 20.3 Å². The fraction of sp³-hybridized carbons (Fsp3) is 0.412.